The highest BCUT2D eigenvalue weighted by Crippen LogP contribution is 2.36. The van der Waals surface area contributed by atoms with Gasteiger partial charge in [-0.15, -0.1) is 0 Å². The number of nitrogens with zero attached hydrogens (tertiary/aromatic N) is 4. The largest absolute Gasteiger partial charge is 0.443 e. The maximum atomic E-state index is 13.6. The van der Waals surface area contributed by atoms with Crippen molar-refractivity contribution in [3.05, 3.63) is 58.1 Å². The number of fused-ring (bicyclic) bond motifs is 1. The third-order valence-corrected chi connectivity index (χ3v) is 12.7. The van der Waals surface area contributed by atoms with Crippen LogP contribution in [0.4, 0.5) is 16.2 Å². The Morgan fingerprint density at radius 2 is 1.86 bits per heavy atom. The number of ether oxygens (including phenoxy) is 1. The molecule has 14 heteroatoms. The number of urea groups is 1. The molecule has 0 saturated carbocycles. The number of piperidine rings is 1. The summed E-state index contributed by atoms with van der Waals surface area (Å²) in [7, 11) is -2.06. The minimum atomic E-state index is -2.06. The number of nitro benzene ring substituents is 1. The lowest BCUT2D eigenvalue weighted by Crippen LogP contribution is -2.56. The summed E-state index contributed by atoms with van der Waals surface area (Å²) < 4.78 is 16.6. The molecule has 2 aromatic carbocycles. The number of hydrogen-bond donors (Lipinski definition) is 2. The van der Waals surface area contributed by atoms with Crippen LogP contribution in [0.2, 0.25) is 18.1 Å². The third-order valence-electron chi connectivity index (χ3n) is 8.21. The fourth-order valence-corrected chi connectivity index (χ4v) is 5.73. The molecule has 2 N–H and O–H groups in total. The highest BCUT2D eigenvalue weighted by molar-refractivity contribution is 6.74. The van der Waals surface area contributed by atoms with E-state index in [-0.39, 0.29) is 40.6 Å². The first-order valence-electron chi connectivity index (χ1n) is 14.4. The number of anilines is 1. The van der Waals surface area contributed by atoms with E-state index >= 15 is 0 Å². The molecule has 0 bridgehead atoms. The van der Waals surface area contributed by atoms with Crippen molar-refractivity contribution >= 4 is 42.7 Å². The molecule has 0 spiro atoms. The first kappa shape index (κ1) is 31.9. The second-order valence-electron chi connectivity index (χ2n) is 12.2. The topological polar surface area (TPSA) is 162 Å². The number of non-ortho nitro benzene ring substituents is 1. The van der Waals surface area contributed by atoms with E-state index in [0.717, 1.165) is 18.4 Å². The predicted octanol–water partition coefficient (Wildman–Crippen LogP) is 5.24. The zero-order chi connectivity index (χ0) is 31.2. The molecule has 2 atom stereocenters. The number of nitrogens with one attached hydrogen (secondary N) is 2. The Balaban J connectivity index is 1.40. The van der Waals surface area contributed by atoms with Gasteiger partial charge < -0.3 is 24.7 Å². The minimum Gasteiger partial charge on any atom is -0.443 e. The minimum absolute atomic E-state index is 0.0148. The summed E-state index contributed by atoms with van der Waals surface area (Å²) in [5.41, 5.74) is 1.32. The van der Waals surface area contributed by atoms with E-state index in [9.17, 15) is 19.7 Å². The van der Waals surface area contributed by atoms with Crippen molar-refractivity contribution in [2.45, 2.75) is 76.7 Å². The molecule has 1 fully saturated rings. The van der Waals surface area contributed by atoms with Crippen LogP contribution in [0, 0.1) is 10.1 Å². The lowest BCUT2D eigenvalue weighted by Gasteiger charge is -2.38. The van der Waals surface area contributed by atoms with Crippen molar-refractivity contribution in [1.29, 1.82) is 0 Å². The Hall–Kier alpha value is -4.04. The normalized spacial score (nSPS) is 16.5. The maximum Gasteiger partial charge on any atom is 0.330 e. The number of benzene rings is 2. The van der Waals surface area contributed by atoms with Crippen molar-refractivity contribution in [3.8, 4) is 0 Å². The van der Waals surface area contributed by atoms with Gasteiger partial charge >= 0.3 is 17.7 Å². The molecule has 3 aromatic rings. The Labute approximate surface area is 251 Å². The maximum absolute atomic E-state index is 13.6. The van der Waals surface area contributed by atoms with E-state index < -0.39 is 25.3 Å². The Kier molecular flexibility index (Phi) is 10.0. The monoisotopic (exact) mass is 612 g/mol. The zero-order valence-corrected chi connectivity index (χ0v) is 26.3. The molecule has 0 unspecified atom stereocenters. The summed E-state index contributed by atoms with van der Waals surface area (Å²) in [6, 6.07) is 11.3. The number of nitro groups is 1. The zero-order valence-electron chi connectivity index (χ0n) is 25.3. The van der Waals surface area contributed by atoms with Crippen molar-refractivity contribution in [1.82, 2.24) is 20.5 Å². The molecule has 0 radical (unpaired) electrons. The average molecular weight is 613 g/mol. The highest BCUT2D eigenvalue weighted by Gasteiger charge is 2.38. The van der Waals surface area contributed by atoms with Crippen LogP contribution in [-0.4, -0.2) is 72.4 Å². The van der Waals surface area contributed by atoms with Crippen LogP contribution in [0.15, 0.2) is 47.1 Å². The van der Waals surface area contributed by atoms with Crippen LogP contribution in [0.1, 0.15) is 45.6 Å². The molecule has 1 saturated heterocycles. The van der Waals surface area contributed by atoms with Crippen molar-refractivity contribution in [3.63, 3.8) is 0 Å². The molecule has 0 aliphatic carbocycles. The SMILES string of the molecule is CC(C)(C)[Si](C)(C)OC[C@@H](Cc1ccccc1)NC(=O)N1CCCC[C@H]1C(=O)OCNc1ccc([N+](=O)[O-])c2nonc12. The molecular weight excluding hydrogens is 572 g/mol. The van der Waals surface area contributed by atoms with Gasteiger partial charge in [-0.05, 0) is 65.8 Å². The van der Waals surface area contributed by atoms with Gasteiger partial charge in [-0.25, -0.2) is 14.2 Å². The second kappa shape index (κ2) is 13.5. The van der Waals surface area contributed by atoms with Crippen molar-refractivity contribution < 1.29 is 28.3 Å². The lowest BCUT2D eigenvalue weighted by molar-refractivity contribution is -0.383. The van der Waals surface area contributed by atoms with E-state index in [1.165, 1.54) is 12.1 Å². The first-order chi connectivity index (χ1) is 20.4. The summed E-state index contributed by atoms with van der Waals surface area (Å²) in [5, 5.41) is 24.6. The molecule has 43 heavy (non-hydrogen) atoms. The van der Waals surface area contributed by atoms with Crippen LogP contribution in [-0.2, 0) is 20.4 Å². The number of carbonyl (C=O) groups is 2. The van der Waals surface area contributed by atoms with Gasteiger partial charge in [-0.2, -0.15) is 0 Å². The number of amides is 2. The number of esters is 1. The van der Waals surface area contributed by atoms with Crippen molar-refractivity contribution in [2.75, 3.05) is 25.2 Å². The molecular formula is C29H40N6O7Si. The summed E-state index contributed by atoms with van der Waals surface area (Å²) in [5.74, 6) is -0.545. The van der Waals surface area contributed by atoms with Crippen LogP contribution in [0.5, 0.6) is 0 Å². The fourth-order valence-electron chi connectivity index (χ4n) is 4.68. The Bertz CT molecular complexity index is 1430. The number of likely N-dealkylation sites (tertiary alicyclic amines) is 1. The quantitative estimate of drug-likeness (QED) is 0.0963. The van der Waals surface area contributed by atoms with Crippen LogP contribution >= 0.6 is 0 Å². The van der Waals surface area contributed by atoms with Gasteiger partial charge in [0.2, 0.25) is 5.52 Å². The smallest absolute Gasteiger partial charge is 0.330 e. The van der Waals surface area contributed by atoms with E-state index in [0.29, 0.717) is 31.7 Å². The van der Waals surface area contributed by atoms with Gasteiger partial charge in [-0.3, -0.25) is 10.1 Å². The summed E-state index contributed by atoms with van der Waals surface area (Å²) in [4.78, 5) is 39.0. The van der Waals surface area contributed by atoms with Crippen LogP contribution in [0.25, 0.3) is 11.0 Å². The molecule has 2 amide bonds. The van der Waals surface area contributed by atoms with Crippen LogP contribution < -0.4 is 10.6 Å². The highest BCUT2D eigenvalue weighted by atomic mass is 28.4. The van der Waals surface area contributed by atoms with E-state index in [2.05, 4.69) is 59.4 Å². The second-order valence-corrected chi connectivity index (χ2v) is 17.1. The standard InChI is InChI=1S/C29H40N6O7Si/c1-29(2,3)43(4,5)41-18-21(17-20-11-7-6-8-12-20)31-28(37)34-16-10-9-13-24(34)27(36)40-19-30-22-14-15-23(35(38)39)26-25(22)32-42-33-26/h6-8,11-12,14-15,21,24,30H,9-10,13,16-19H2,1-5H3,(H,31,37)/t21-,24+/m1/s1. The summed E-state index contributed by atoms with van der Waals surface area (Å²) in [6.45, 7) is 11.4. The van der Waals surface area contributed by atoms with Gasteiger partial charge in [0.05, 0.1) is 23.3 Å². The first-order valence-corrected chi connectivity index (χ1v) is 17.3. The number of hydrogen-bond acceptors (Lipinski definition) is 10. The Morgan fingerprint density at radius 1 is 1.14 bits per heavy atom. The third kappa shape index (κ3) is 7.87. The van der Waals surface area contributed by atoms with Gasteiger partial charge in [0.1, 0.15) is 6.04 Å². The number of aromatic nitrogens is 2. The van der Waals surface area contributed by atoms with Crippen LogP contribution in [0.3, 0.4) is 0 Å². The number of rotatable bonds is 11. The molecule has 1 aliphatic heterocycles. The molecule has 232 valence electrons. The van der Waals surface area contributed by atoms with Gasteiger partial charge in [-0.1, -0.05) is 51.1 Å². The van der Waals surface area contributed by atoms with E-state index in [4.69, 9.17) is 9.16 Å². The van der Waals surface area contributed by atoms with Gasteiger partial charge in [0.15, 0.2) is 20.6 Å². The Morgan fingerprint density at radius 3 is 2.56 bits per heavy atom. The molecule has 1 aromatic heterocycles. The lowest BCUT2D eigenvalue weighted by atomic mass is 10.0. The number of carbonyl (C=O) groups excluding carboxylic acids is 2. The molecule has 4 rings (SSSR count). The molecule has 1 aliphatic rings. The molecule has 2 heterocycles. The van der Waals surface area contributed by atoms with E-state index in [1.54, 1.807) is 4.90 Å². The van der Waals surface area contributed by atoms with Gasteiger partial charge in [0, 0.05) is 12.6 Å². The predicted molar refractivity (Wildman–Crippen MR) is 163 cm³/mol. The van der Waals surface area contributed by atoms with E-state index in [1.807, 2.05) is 30.3 Å². The summed E-state index contributed by atoms with van der Waals surface area (Å²) in [6.07, 6.45) is 2.63. The fraction of sp³-hybridized carbons (Fsp3) is 0.517. The van der Waals surface area contributed by atoms with Crippen molar-refractivity contribution in [2.24, 2.45) is 0 Å². The molecule has 13 nitrogen and oxygen atoms in total. The average Bonchev–Trinajstić information content (AvgIpc) is 3.46. The van der Waals surface area contributed by atoms with Gasteiger partial charge in [0.25, 0.3) is 0 Å². The summed E-state index contributed by atoms with van der Waals surface area (Å²) >= 11 is 0.